The minimum absolute atomic E-state index is 0.0152. The van der Waals surface area contributed by atoms with Gasteiger partial charge in [-0.2, -0.15) is 0 Å². The van der Waals surface area contributed by atoms with Crippen LogP contribution in [-0.2, 0) is 9.59 Å². The van der Waals surface area contributed by atoms with E-state index in [-0.39, 0.29) is 63.2 Å². The highest BCUT2D eigenvalue weighted by Crippen LogP contribution is 2.68. The van der Waals surface area contributed by atoms with Crippen LogP contribution < -0.4 is 14.5 Å². The maximum Gasteiger partial charge on any atom is 0.305 e. The molecule has 2 aliphatic carbocycles. The van der Waals surface area contributed by atoms with Crippen molar-refractivity contribution in [3.05, 3.63) is 67.6 Å². The molecule has 10 heteroatoms. The summed E-state index contributed by atoms with van der Waals surface area (Å²) in [4.78, 5) is 45.0. The van der Waals surface area contributed by atoms with Gasteiger partial charge in [-0.25, -0.2) is 0 Å². The van der Waals surface area contributed by atoms with Gasteiger partial charge >= 0.3 is 4.87 Å². The van der Waals surface area contributed by atoms with Gasteiger partial charge in [0.25, 0.3) is 0 Å². The molecule has 2 aliphatic heterocycles. The van der Waals surface area contributed by atoms with E-state index >= 15 is 0 Å². The van der Waals surface area contributed by atoms with Crippen LogP contribution in [0.25, 0.3) is 0 Å². The molecule has 2 aromatic carbocycles. The highest BCUT2D eigenvalue weighted by atomic mass is 35.5. The molecule has 7 nitrogen and oxygen atoms in total. The van der Waals surface area contributed by atoms with Crippen LogP contribution in [0.2, 0.25) is 5.02 Å². The number of halogens is 1. The summed E-state index contributed by atoms with van der Waals surface area (Å²) < 4.78 is 5.38. The van der Waals surface area contributed by atoms with Gasteiger partial charge in [0.05, 0.1) is 29.7 Å². The lowest BCUT2D eigenvalue weighted by atomic mass is 9.68. The number of imide groups is 1. The van der Waals surface area contributed by atoms with Gasteiger partial charge in [0.2, 0.25) is 11.8 Å². The summed E-state index contributed by atoms with van der Waals surface area (Å²) in [6.07, 6.45) is 0.814. The van der Waals surface area contributed by atoms with E-state index in [0.29, 0.717) is 16.5 Å². The van der Waals surface area contributed by atoms with Gasteiger partial charge in [0.1, 0.15) is 0 Å². The van der Waals surface area contributed by atoms with Crippen molar-refractivity contribution in [2.24, 2.45) is 29.6 Å². The predicted molar refractivity (Wildman–Crippen MR) is 137 cm³/mol. The number of anilines is 1. The molecule has 7 rings (SSSR count). The summed E-state index contributed by atoms with van der Waals surface area (Å²) in [7, 11) is 1.51. The molecule has 7 atom stereocenters. The maximum atomic E-state index is 13.7. The molecule has 4 aliphatic rings. The Balaban J connectivity index is 1.33. The lowest BCUT2D eigenvalue weighted by Crippen LogP contribution is -2.42. The lowest BCUT2D eigenvalue weighted by molar-refractivity contribution is -0.123. The van der Waals surface area contributed by atoms with Crippen LogP contribution in [0, 0.1) is 29.6 Å². The number of carbonyl (C=O) groups is 2. The number of aromatic hydroxyl groups is 1. The van der Waals surface area contributed by atoms with Crippen molar-refractivity contribution in [2.75, 3.05) is 12.0 Å². The average Bonchev–Trinajstić information content (AvgIpc) is 3.59. The van der Waals surface area contributed by atoms with Crippen LogP contribution in [0.15, 0.2) is 52.3 Å². The molecule has 2 N–H and O–H groups in total. The van der Waals surface area contributed by atoms with Crippen LogP contribution in [0.3, 0.4) is 0 Å². The molecule has 0 spiro atoms. The number of thioether (sulfide) groups is 1. The van der Waals surface area contributed by atoms with Crippen molar-refractivity contribution in [1.29, 1.82) is 0 Å². The number of hydrogen-bond donors (Lipinski definition) is 2. The van der Waals surface area contributed by atoms with Crippen LogP contribution in [0.5, 0.6) is 11.5 Å². The SMILES string of the molecule is COc1cc(C2c3sc(=O)[nH]c3SC3C4CC(C5C(=O)N(c6ccc(Cl)cc6)C(=O)C45)C23)ccc1O. The molecule has 3 aromatic rings. The number of aromatic nitrogens is 1. The molecule has 2 bridgehead atoms. The molecule has 7 unspecified atom stereocenters. The standard InChI is InChI=1S/C26H21ClN2O5S2/c1-34-16-8-10(2-7-15(16)30)17-18-13-9-14(21(18)35-23-22(17)36-26(33)28-23)20-19(13)24(31)29(25(20)32)12-5-3-11(27)4-6-12/h2-8,13-14,17-21,30H,9H2,1H3,(H,28,33). The monoisotopic (exact) mass is 540 g/mol. The third-order valence-electron chi connectivity index (χ3n) is 8.37. The highest BCUT2D eigenvalue weighted by molar-refractivity contribution is 8.00. The highest BCUT2D eigenvalue weighted by Gasteiger charge is 2.69. The number of methoxy groups -OCH3 is 1. The first-order chi connectivity index (χ1) is 17.4. The van der Waals surface area contributed by atoms with E-state index in [1.807, 2.05) is 12.1 Å². The van der Waals surface area contributed by atoms with Crippen LogP contribution in [0.1, 0.15) is 22.8 Å². The smallest absolute Gasteiger partial charge is 0.305 e. The molecule has 1 aromatic heterocycles. The Morgan fingerprint density at radius 1 is 1.06 bits per heavy atom. The number of thiazole rings is 1. The minimum Gasteiger partial charge on any atom is -0.504 e. The maximum absolute atomic E-state index is 13.7. The number of fused-ring (bicyclic) bond motifs is 9. The van der Waals surface area contributed by atoms with E-state index in [4.69, 9.17) is 16.3 Å². The molecule has 2 saturated carbocycles. The van der Waals surface area contributed by atoms with E-state index in [1.165, 1.54) is 23.3 Å². The van der Waals surface area contributed by atoms with Crippen LogP contribution in [-0.4, -0.2) is 34.3 Å². The number of phenolic OH excluding ortho intramolecular Hbond substituents is 1. The van der Waals surface area contributed by atoms with Gasteiger partial charge in [0, 0.05) is 21.1 Å². The average molecular weight is 541 g/mol. The number of ether oxygens (including phenoxy) is 1. The van der Waals surface area contributed by atoms with Crippen LogP contribution >= 0.6 is 34.7 Å². The molecule has 1 saturated heterocycles. The Kier molecular flexibility index (Phi) is 4.91. The van der Waals surface area contributed by atoms with Gasteiger partial charge < -0.3 is 14.8 Å². The Hall–Kier alpha value is -2.75. The fraction of sp³-hybridized carbons (Fsp3) is 0.346. The molecular formula is C26H21ClN2O5S2. The summed E-state index contributed by atoms with van der Waals surface area (Å²) >= 11 is 8.89. The normalized spacial score (nSPS) is 31.9. The number of rotatable bonds is 3. The number of nitrogens with zero attached hydrogens (tertiary/aromatic N) is 1. The number of H-pyrrole nitrogens is 1. The first-order valence-corrected chi connectivity index (χ1v) is 13.8. The van der Waals surface area contributed by atoms with Gasteiger partial charge in [-0.15, -0.1) is 11.8 Å². The second kappa shape index (κ2) is 7.87. The molecule has 3 heterocycles. The largest absolute Gasteiger partial charge is 0.504 e. The van der Waals surface area contributed by atoms with E-state index in [9.17, 15) is 19.5 Å². The summed E-state index contributed by atoms with van der Waals surface area (Å²) in [5.41, 5.74) is 1.49. The predicted octanol–water partition coefficient (Wildman–Crippen LogP) is 4.48. The van der Waals surface area contributed by atoms with Gasteiger partial charge in [0.15, 0.2) is 11.5 Å². The second-order valence-corrected chi connectivity index (χ2v) is 12.5. The number of phenols is 1. The Bertz CT molecular complexity index is 1480. The van der Waals surface area contributed by atoms with E-state index in [1.54, 1.807) is 42.1 Å². The van der Waals surface area contributed by atoms with Crippen molar-refractivity contribution in [3.8, 4) is 11.5 Å². The first kappa shape index (κ1) is 22.4. The van der Waals surface area contributed by atoms with Gasteiger partial charge in [-0.3, -0.25) is 19.3 Å². The number of amides is 2. The summed E-state index contributed by atoms with van der Waals surface area (Å²) in [6, 6.07) is 12.1. The topological polar surface area (TPSA) is 99.7 Å². The molecule has 3 fully saturated rings. The number of aromatic amines is 1. The molecular weight excluding hydrogens is 520 g/mol. The van der Waals surface area contributed by atoms with Gasteiger partial charge in [-0.1, -0.05) is 29.0 Å². The van der Waals surface area contributed by atoms with Crippen molar-refractivity contribution in [2.45, 2.75) is 22.6 Å². The van der Waals surface area contributed by atoms with Crippen molar-refractivity contribution in [3.63, 3.8) is 0 Å². The summed E-state index contributed by atoms with van der Waals surface area (Å²) in [5, 5.41) is 11.7. The molecule has 36 heavy (non-hydrogen) atoms. The lowest BCUT2D eigenvalue weighted by Gasteiger charge is -2.43. The number of hydrogen-bond acceptors (Lipinski definition) is 7. The quantitative estimate of drug-likeness (QED) is 0.475. The minimum atomic E-state index is -0.376. The van der Waals surface area contributed by atoms with E-state index in [2.05, 4.69) is 4.98 Å². The Morgan fingerprint density at radius 2 is 1.78 bits per heavy atom. The third-order valence-corrected chi connectivity index (χ3v) is 11.2. The second-order valence-electron chi connectivity index (χ2n) is 9.88. The zero-order chi connectivity index (χ0) is 24.9. The molecule has 2 amide bonds. The Morgan fingerprint density at radius 3 is 2.50 bits per heavy atom. The van der Waals surface area contributed by atoms with Crippen molar-refractivity contribution < 1.29 is 19.4 Å². The van der Waals surface area contributed by atoms with Crippen LogP contribution in [0.4, 0.5) is 5.69 Å². The Labute approximate surface area is 219 Å². The van der Waals surface area contributed by atoms with E-state index in [0.717, 1.165) is 21.9 Å². The van der Waals surface area contributed by atoms with Crippen molar-refractivity contribution in [1.82, 2.24) is 4.98 Å². The number of benzene rings is 2. The van der Waals surface area contributed by atoms with Crippen molar-refractivity contribution >= 4 is 52.2 Å². The third kappa shape index (κ3) is 2.96. The molecule has 184 valence electrons. The summed E-state index contributed by atoms with van der Waals surface area (Å²) in [5.74, 6) is -0.576. The number of carbonyl (C=O) groups excluding carboxylic acids is 2. The van der Waals surface area contributed by atoms with E-state index < -0.39 is 0 Å². The molecule has 0 radical (unpaired) electrons. The fourth-order valence-electron chi connectivity index (χ4n) is 7.12. The zero-order valence-corrected chi connectivity index (χ0v) is 21.4. The first-order valence-electron chi connectivity index (χ1n) is 11.8. The zero-order valence-electron chi connectivity index (χ0n) is 19.0. The fourth-order valence-corrected chi connectivity index (χ4v) is 10.1. The summed E-state index contributed by atoms with van der Waals surface area (Å²) in [6.45, 7) is 0. The van der Waals surface area contributed by atoms with Gasteiger partial charge in [-0.05, 0) is 66.1 Å². The number of nitrogens with one attached hydrogen (secondary N) is 1.